The number of hydrogen-bond donors (Lipinski definition) is 2. The van der Waals surface area contributed by atoms with Gasteiger partial charge >= 0.3 is 12.1 Å². The highest BCUT2D eigenvalue weighted by molar-refractivity contribution is 5.73. The van der Waals surface area contributed by atoms with Crippen molar-refractivity contribution in [3.8, 4) is 11.5 Å². The second-order valence-electron chi connectivity index (χ2n) is 7.20. The number of furan rings is 1. The molecule has 0 bridgehead atoms. The Hall–Kier alpha value is -3.60. The Morgan fingerprint density at radius 1 is 1.19 bits per heavy atom. The van der Waals surface area contributed by atoms with Gasteiger partial charge in [0.25, 0.3) is 0 Å². The number of halogens is 3. The lowest BCUT2D eigenvalue weighted by Gasteiger charge is -2.02. The van der Waals surface area contributed by atoms with E-state index in [1.54, 1.807) is 0 Å². The number of alkyl halides is 3. The van der Waals surface area contributed by atoms with E-state index in [1.165, 1.54) is 5.56 Å². The van der Waals surface area contributed by atoms with E-state index >= 15 is 0 Å². The number of carboxylic acid groups (broad SMARTS) is 1. The van der Waals surface area contributed by atoms with E-state index in [1.807, 2.05) is 47.6 Å². The molecule has 0 amide bonds. The molecule has 0 fully saturated rings. The number of aromatic nitrogens is 4. The minimum Gasteiger partial charge on any atom is -0.475 e. The van der Waals surface area contributed by atoms with Gasteiger partial charge in [0.2, 0.25) is 0 Å². The maximum atomic E-state index is 10.6. The van der Waals surface area contributed by atoms with Gasteiger partial charge in [0, 0.05) is 44.3 Å². The summed E-state index contributed by atoms with van der Waals surface area (Å²) in [6.45, 7) is 5.42. The number of carboxylic acids is 1. The molecule has 8 nitrogen and oxygen atoms in total. The van der Waals surface area contributed by atoms with Gasteiger partial charge in [-0.25, -0.2) is 9.78 Å². The van der Waals surface area contributed by atoms with Crippen molar-refractivity contribution in [2.45, 2.75) is 33.1 Å². The first kappa shape index (κ1) is 23.1. The van der Waals surface area contributed by atoms with Crippen LogP contribution in [-0.4, -0.2) is 36.4 Å². The van der Waals surface area contributed by atoms with Gasteiger partial charge in [0.15, 0.2) is 5.76 Å². The quantitative estimate of drug-likeness (QED) is 0.480. The van der Waals surface area contributed by atoms with Gasteiger partial charge < -0.3 is 19.2 Å². The number of fused-ring (bicyclic) bond motifs is 1. The lowest BCUT2D eigenvalue weighted by molar-refractivity contribution is -0.192. The van der Waals surface area contributed by atoms with E-state index in [0.29, 0.717) is 13.1 Å². The molecule has 32 heavy (non-hydrogen) atoms. The number of nitrogens with zero attached hydrogens (tertiary/aromatic N) is 4. The molecule has 11 heteroatoms. The minimum atomic E-state index is -5.08. The molecule has 2 N–H and O–H groups in total. The Bertz CT molecular complexity index is 1220. The number of nitrogens with one attached hydrogen (secondary N) is 1. The van der Waals surface area contributed by atoms with E-state index in [-0.39, 0.29) is 0 Å². The summed E-state index contributed by atoms with van der Waals surface area (Å²) in [6.07, 6.45) is 1.04. The molecule has 0 spiro atoms. The molecule has 4 aromatic rings. The molecule has 0 saturated heterocycles. The highest BCUT2D eigenvalue weighted by Crippen LogP contribution is 2.24. The van der Waals surface area contributed by atoms with Crippen LogP contribution >= 0.6 is 0 Å². The van der Waals surface area contributed by atoms with Crippen molar-refractivity contribution < 1.29 is 27.5 Å². The van der Waals surface area contributed by atoms with Crippen molar-refractivity contribution in [3.63, 3.8) is 0 Å². The molecule has 0 saturated carbocycles. The SMILES string of the molecule is Cc1ccn2cc(CNCc3cn(C)nc3-c3ccc(C)o3)nc2c1.O=C(O)C(F)(F)F. The van der Waals surface area contributed by atoms with Crippen LogP contribution in [0, 0.1) is 13.8 Å². The summed E-state index contributed by atoms with van der Waals surface area (Å²) in [4.78, 5) is 13.6. The van der Waals surface area contributed by atoms with Crippen molar-refractivity contribution in [3.05, 3.63) is 65.4 Å². The second-order valence-corrected chi connectivity index (χ2v) is 7.20. The molecule has 170 valence electrons. The molecule has 4 rings (SSSR count). The largest absolute Gasteiger partial charge is 0.490 e. The number of aliphatic carboxylic acids is 1. The average Bonchev–Trinajstić information content (AvgIpc) is 3.39. The zero-order valence-corrected chi connectivity index (χ0v) is 17.6. The van der Waals surface area contributed by atoms with Crippen LogP contribution in [0.5, 0.6) is 0 Å². The molecule has 4 aromatic heterocycles. The molecule has 4 heterocycles. The number of rotatable bonds is 5. The number of pyridine rings is 1. The number of carbonyl (C=O) groups is 1. The molecular formula is C21H22F3N5O3. The van der Waals surface area contributed by atoms with E-state index in [4.69, 9.17) is 14.3 Å². The van der Waals surface area contributed by atoms with Gasteiger partial charge in [-0.3, -0.25) is 4.68 Å². The highest BCUT2D eigenvalue weighted by atomic mass is 19.4. The zero-order valence-electron chi connectivity index (χ0n) is 17.6. The average molecular weight is 449 g/mol. The Morgan fingerprint density at radius 3 is 2.53 bits per heavy atom. The first-order chi connectivity index (χ1) is 15.0. The van der Waals surface area contributed by atoms with Crippen LogP contribution in [0.4, 0.5) is 13.2 Å². The highest BCUT2D eigenvalue weighted by Gasteiger charge is 2.38. The lowest BCUT2D eigenvalue weighted by atomic mass is 10.2. The summed E-state index contributed by atoms with van der Waals surface area (Å²) in [6, 6.07) is 8.09. The van der Waals surface area contributed by atoms with Crippen LogP contribution in [-0.2, 0) is 24.9 Å². The van der Waals surface area contributed by atoms with Gasteiger partial charge in [-0.2, -0.15) is 18.3 Å². The van der Waals surface area contributed by atoms with Gasteiger partial charge in [-0.05, 0) is 43.7 Å². The Balaban J connectivity index is 0.000000360. The van der Waals surface area contributed by atoms with Crippen LogP contribution < -0.4 is 5.32 Å². The summed E-state index contributed by atoms with van der Waals surface area (Å²) in [5.41, 5.74) is 5.20. The summed E-state index contributed by atoms with van der Waals surface area (Å²) in [7, 11) is 1.92. The van der Waals surface area contributed by atoms with Crippen molar-refractivity contribution in [2.75, 3.05) is 0 Å². The zero-order chi connectivity index (χ0) is 23.5. The van der Waals surface area contributed by atoms with E-state index in [0.717, 1.165) is 34.1 Å². The lowest BCUT2D eigenvalue weighted by Crippen LogP contribution is -2.21. The molecule has 0 radical (unpaired) electrons. The minimum absolute atomic E-state index is 0.701. The van der Waals surface area contributed by atoms with Gasteiger partial charge in [-0.1, -0.05) is 0 Å². The van der Waals surface area contributed by atoms with E-state index < -0.39 is 12.1 Å². The van der Waals surface area contributed by atoms with Crippen molar-refractivity contribution in [2.24, 2.45) is 7.05 Å². The van der Waals surface area contributed by atoms with Gasteiger partial charge in [-0.15, -0.1) is 0 Å². The van der Waals surface area contributed by atoms with Crippen LogP contribution in [0.15, 0.2) is 47.3 Å². The predicted molar refractivity (Wildman–Crippen MR) is 110 cm³/mol. The van der Waals surface area contributed by atoms with Crippen molar-refractivity contribution >= 4 is 11.6 Å². The number of hydrogen-bond acceptors (Lipinski definition) is 5. The normalized spacial score (nSPS) is 11.4. The third-order valence-electron chi connectivity index (χ3n) is 4.41. The summed E-state index contributed by atoms with van der Waals surface area (Å²) >= 11 is 0. The molecule has 0 aromatic carbocycles. The summed E-state index contributed by atoms with van der Waals surface area (Å²) < 4.78 is 41.3. The smallest absolute Gasteiger partial charge is 0.475 e. The van der Waals surface area contributed by atoms with Crippen LogP contribution in [0.1, 0.15) is 22.6 Å². The maximum Gasteiger partial charge on any atom is 0.490 e. The predicted octanol–water partition coefficient (Wildman–Crippen LogP) is 3.87. The first-order valence-corrected chi connectivity index (χ1v) is 9.57. The second kappa shape index (κ2) is 9.27. The van der Waals surface area contributed by atoms with Crippen LogP contribution in [0.2, 0.25) is 0 Å². The molecule has 0 aliphatic rings. The molecule has 0 aliphatic heterocycles. The fraction of sp³-hybridized carbons (Fsp3) is 0.286. The molecule has 0 aliphatic carbocycles. The third kappa shape index (κ3) is 5.76. The van der Waals surface area contributed by atoms with Crippen LogP contribution in [0.25, 0.3) is 17.1 Å². The number of aryl methyl sites for hydroxylation is 3. The Morgan fingerprint density at radius 2 is 1.91 bits per heavy atom. The standard InChI is InChI=1S/C19H21N5O.C2HF3O2/c1-13-6-7-24-12-16(21-18(24)8-13)10-20-9-15-11-23(3)22-19(15)17-5-4-14(2)25-17;3-2(4,5)1(6)7/h4-8,11-12,20H,9-10H2,1-3H3;(H,6,7). The fourth-order valence-electron chi connectivity index (χ4n) is 2.98. The monoisotopic (exact) mass is 449 g/mol. The molecular weight excluding hydrogens is 427 g/mol. The van der Waals surface area contributed by atoms with Gasteiger partial charge in [0.1, 0.15) is 17.1 Å². The summed E-state index contributed by atoms with van der Waals surface area (Å²) in [5.74, 6) is -1.06. The van der Waals surface area contributed by atoms with E-state index in [2.05, 4.69) is 40.7 Å². The topological polar surface area (TPSA) is 97.6 Å². The summed E-state index contributed by atoms with van der Waals surface area (Å²) in [5, 5.41) is 15.1. The maximum absolute atomic E-state index is 10.6. The van der Waals surface area contributed by atoms with E-state index in [9.17, 15) is 13.2 Å². The Labute approximate surface area is 181 Å². The Kier molecular flexibility index (Phi) is 6.68. The number of imidazole rings is 1. The van der Waals surface area contributed by atoms with Gasteiger partial charge in [0.05, 0.1) is 5.69 Å². The molecule has 0 atom stereocenters. The van der Waals surface area contributed by atoms with Crippen LogP contribution in [0.3, 0.4) is 0 Å². The van der Waals surface area contributed by atoms with Crippen molar-refractivity contribution in [1.29, 1.82) is 0 Å². The fourth-order valence-corrected chi connectivity index (χ4v) is 2.98. The third-order valence-corrected chi connectivity index (χ3v) is 4.41. The molecule has 0 unspecified atom stereocenters. The van der Waals surface area contributed by atoms with Crippen molar-refractivity contribution in [1.82, 2.24) is 24.5 Å². The first-order valence-electron chi connectivity index (χ1n) is 9.57.